The number of nitrogens with zero attached hydrogens (tertiary/aromatic N) is 2. The van der Waals surface area contributed by atoms with E-state index in [4.69, 9.17) is 10.5 Å². The Morgan fingerprint density at radius 3 is 3.12 bits per heavy atom. The van der Waals surface area contributed by atoms with E-state index in [0.29, 0.717) is 5.92 Å². The maximum atomic E-state index is 6.01. The second kappa shape index (κ2) is 3.72. The molecule has 0 aromatic carbocycles. The predicted molar refractivity (Wildman–Crippen MR) is 62.1 cm³/mol. The van der Waals surface area contributed by atoms with Crippen molar-refractivity contribution in [3.8, 4) is 0 Å². The standard InChI is InChI=1S/C12H13N3O/c13-9-6-11-10(2-1-4-14-11)15-12(9)8-3-5-16-7-8/h1-2,4,6,8H,3,5,7,13H2. The molecule has 2 aromatic rings. The van der Waals surface area contributed by atoms with Crippen LogP contribution in [0, 0.1) is 0 Å². The van der Waals surface area contributed by atoms with E-state index in [1.54, 1.807) is 6.20 Å². The Kier molecular flexibility index (Phi) is 2.22. The minimum atomic E-state index is 0.338. The highest BCUT2D eigenvalue weighted by Gasteiger charge is 2.21. The van der Waals surface area contributed by atoms with Gasteiger partial charge in [0.1, 0.15) is 0 Å². The van der Waals surface area contributed by atoms with Gasteiger partial charge in [-0.15, -0.1) is 0 Å². The number of hydrogen-bond acceptors (Lipinski definition) is 4. The predicted octanol–water partition coefficient (Wildman–Crippen LogP) is 1.72. The van der Waals surface area contributed by atoms with Gasteiger partial charge in [-0.1, -0.05) is 0 Å². The van der Waals surface area contributed by atoms with Gasteiger partial charge in [-0.3, -0.25) is 4.98 Å². The first-order valence-electron chi connectivity index (χ1n) is 5.43. The molecule has 0 radical (unpaired) electrons. The van der Waals surface area contributed by atoms with Crippen molar-refractivity contribution in [3.05, 3.63) is 30.1 Å². The molecule has 16 heavy (non-hydrogen) atoms. The van der Waals surface area contributed by atoms with Gasteiger partial charge in [0.15, 0.2) is 0 Å². The Labute approximate surface area is 93.5 Å². The van der Waals surface area contributed by atoms with E-state index in [1.165, 1.54) is 0 Å². The highest BCUT2D eigenvalue weighted by atomic mass is 16.5. The lowest BCUT2D eigenvalue weighted by Gasteiger charge is -2.11. The average molecular weight is 215 g/mol. The second-order valence-corrected chi connectivity index (χ2v) is 4.07. The molecule has 0 bridgehead atoms. The Morgan fingerprint density at radius 2 is 2.31 bits per heavy atom. The number of ether oxygens (including phenoxy) is 1. The molecule has 1 atom stereocenters. The average Bonchev–Trinajstić information content (AvgIpc) is 2.81. The number of aromatic nitrogens is 2. The van der Waals surface area contributed by atoms with Crippen LogP contribution in [0.25, 0.3) is 11.0 Å². The van der Waals surface area contributed by atoms with E-state index in [9.17, 15) is 0 Å². The summed E-state index contributed by atoms with van der Waals surface area (Å²) >= 11 is 0. The fraction of sp³-hybridized carbons (Fsp3) is 0.333. The van der Waals surface area contributed by atoms with Crippen LogP contribution in [0.15, 0.2) is 24.4 Å². The number of pyridine rings is 2. The first kappa shape index (κ1) is 9.54. The van der Waals surface area contributed by atoms with E-state index in [-0.39, 0.29) is 0 Å². The lowest BCUT2D eigenvalue weighted by atomic mass is 10.0. The lowest BCUT2D eigenvalue weighted by Crippen LogP contribution is -2.06. The van der Waals surface area contributed by atoms with Crippen molar-refractivity contribution in [1.82, 2.24) is 9.97 Å². The number of fused-ring (bicyclic) bond motifs is 1. The number of hydrogen-bond donors (Lipinski definition) is 1. The van der Waals surface area contributed by atoms with Crippen LogP contribution in [0.1, 0.15) is 18.0 Å². The summed E-state index contributed by atoms with van der Waals surface area (Å²) < 4.78 is 5.37. The quantitative estimate of drug-likeness (QED) is 0.786. The third-order valence-corrected chi connectivity index (χ3v) is 2.96. The lowest BCUT2D eigenvalue weighted by molar-refractivity contribution is 0.193. The van der Waals surface area contributed by atoms with Gasteiger partial charge in [0.25, 0.3) is 0 Å². The van der Waals surface area contributed by atoms with Crippen LogP contribution < -0.4 is 5.73 Å². The molecule has 3 rings (SSSR count). The Hall–Kier alpha value is -1.68. The Balaban J connectivity index is 2.13. The van der Waals surface area contributed by atoms with Crippen molar-refractivity contribution in [3.63, 3.8) is 0 Å². The first-order valence-corrected chi connectivity index (χ1v) is 5.43. The molecule has 1 fully saturated rings. The topological polar surface area (TPSA) is 61.0 Å². The molecule has 1 aliphatic rings. The fourth-order valence-corrected chi connectivity index (χ4v) is 2.11. The first-order chi connectivity index (χ1) is 7.84. The van der Waals surface area contributed by atoms with E-state index in [0.717, 1.165) is 42.0 Å². The van der Waals surface area contributed by atoms with Crippen LogP contribution in [0.5, 0.6) is 0 Å². The van der Waals surface area contributed by atoms with Crippen molar-refractivity contribution < 1.29 is 4.74 Å². The summed E-state index contributed by atoms with van der Waals surface area (Å²) in [6.45, 7) is 1.53. The minimum absolute atomic E-state index is 0.338. The second-order valence-electron chi connectivity index (χ2n) is 4.07. The Bertz CT molecular complexity index is 521. The van der Waals surface area contributed by atoms with Gasteiger partial charge < -0.3 is 10.5 Å². The molecule has 4 nitrogen and oxygen atoms in total. The summed E-state index contributed by atoms with van der Waals surface area (Å²) in [7, 11) is 0. The number of nitrogen functional groups attached to an aromatic ring is 1. The molecule has 2 aromatic heterocycles. The molecule has 82 valence electrons. The molecular formula is C12H13N3O. The smallest absolute Gasteiger partial charge is 0.0907 e. The molecule has 1 aliphatic heterocycles. The highest BCUT2D eigenvalue weighted by Crippen LogP contribution is 2.29. The van der Waals surface area contributed by atoms with Gasteiger partial charge in [-0.05, 0) is 24.6 Å². The van der Waals surface area contributed by atoms with Crippen LogP contribution in [0.3, 0.4) is 0 Å². The summed E-state index contributed by atoms with van der Waals surface area (Å²) in [5.41, 5.74) is 9.44. The summed E-state index contributed by atoms with van der Waals surface area (Å²) in [6.07, 6.45) is 2.75. The van der Waals surface area contributed by atoms with E-state index >= 15 is 0 Å². The van der Waals surface area contributed by atoms with Gasteiger partial charge in [0, 0.05) is 18.7 Å². The Morgan fingerprint density at radius 1 is 1.38 bits per heavy atom. The van der Waals surface area contributed by atoms with Gasteiger partial charge in [-0.2, -0.15) is 0 Å². The van der Waals surface area contributed by atoms with Crippen LogP contribution in [-0.2, 0) is 4.74 Å². The van der Waals surface area contributed by atoms with Gasteiger partial charge >= 0.3 is 0 Å². The molecule has 0 amide bonds. The van der Waals surface area contributed by atoms with Gasteiger partial charge in [-0.25, -0.2) is 4.98 Å². The molecule has 2 N–H and O–H groups in total. The van der Waals surface area contributed by atoms with Crippen molar-refractivity contribution in [1.29, 1.82) is 0 Å². The molecule has 0 saturated carbocycles. The molecule has 1 saturated heterocycles. The SMILES string of the molecule is Nc1cc2ncccc2nc1C1CCOC1. The number of nitrogens with two attached hydrogens (primary N) is 1. The number of anilines is 1. The zero-order chi connectivity index (χ0) is 11.0. The molecule has 0 aliphatic carbocycles. The number of rotatable bonds is 1. The van der Waals surface area contributed by atoms with Crippen molar-refractivity contribution >= 4 is 16.7 Å². The maximum absolute atomic E-state index is 6.01. The van der Waals surface area contributed by atoms with Gasteiger partial charge in [0.05, 0.1) is 29.0 Å². The summed E-state index contributed by atoms with van der Waals surface area (Å²) in [5, 5.41) is 0. The van der Waals surface area contributed by atoms with Gasteiger partial charge in [0.2, 0.25) is 0 Å². The van der Waals surface area contributed by atoms with E-state index in [2.05, 4.69) is 9.97 Å². The van der Waals surface area contributed by atoms with Crippen LogP contribution >= 0.6 is 0 Å². The van der Waals surface area contributed by atoms with E-state index < -0.39 is 0 Å². The fourth-order valence-electron chi connectivity index (χ4n) is 2.11. The molecule has 1 unspecified atom stereocenters. The highest BCUT2D eigenvalue weighted by molar-refractivity contribution is 5.78. The molecule has 3 heterocycles. The summed E-state index contributed by atoms with van der Waals surface area (Å²) in [6, 6.07) is 5.75. The molecule has 0 spiro atoms. The largest absolute Gasteiger partial charge is 0.397 e. The van der Waals surface area contributed by atoms with Crippen molar-refractivity contribution in [2.75, 3.05) is 18.9 Å². The monoisotopic (exact) mass is 215 g/mol. The minimum Gasteiger partial charge on any atom is -0.397 e. The van der Waals surface area contributed by atoms with Crippen molar-refractivity contribution in [2.45, 2.75) is 12.3 Å². The van der Waals surface area contributed by atoms with Crippen LogP contribution in [-0.4, -0.2) is 23.2 Å². The van der Waals surface area contributed by atoms with Crippen LogP contribution in [0.4, 0.5) is 5.69 Å². The summed E-state index contributed by atoms with van der Waals surface area (Å²) in [5.74, 6) is 0.338. The third-order valence-electron chi connectivity index (χ3n) is 2.96. The van der Waals surface area contributed by atoms with E-state index in [1.807, 2.05) is 18.2 Å². The third kappa shape index (κ3) is 1.51. The molecular weight excluding hydrogens is 202 g/mol. The summed E-state index contributed by atoms with van der Waals surface area (Å²) in [4.78, 5) is 8.83. The molecule has 4 heteroatoms. The van der Waals surface area contributed by atoms with Crippen molar-refractivity contribution in [2.24, 2.45) is 0 Å². The maximum Gasteiger partial charge on any atom is 0.0907 e. The zero-order valence-electron chi connectivity index (χ0n) is 8.89. The normalized spacial score (nSPS) is 20.4. The zero-order valence-corrected chi connectivity index (χ0v) is 8.89. The van der Waals surface area contributed by atoms with Crippen LogP contribution in [0.2, 0.25) is 0 Å².